The van der Waals surface area contributed by atoms with Gasteiger partial charge in [-0.25, -0.2) is 14.8 Å². The maximum atomic E-state index is 13.0. The number of hydrogen-bond donors (Lipinski definition) is 2. The van der Waals surface area contributed by atoms with Gasteiger partial charge in [-0.15, -0.1) is 0 Å². The number of rotatable bonds is 3. The van der Waals surface area contributed by atoms with Crippen LogP contribution in [0.1, 0.15) is 12.6 Å². The van der Waals surface area contributed by atoms with Gasteiger partial charge in [-0.3, -0.25) is 0 Å². The molecule has 21 heavy (non-hydrogen) atoms. The molecule has 112 valence electrons. The molecule has 1 heterocycles. The van der Waals surface area contributed by atoms with Gasteiger partial charge in [0.1, 0.15) is 5.82 Å². The van der Waals surface area contributed by atoms with E-state index in [9.17, 15) is 18.0 Å². The molecule has 2 aromatic rings. The predicted octanol–water partition coefficient (Wildman–Crippen LogP) is 2.76. The van der Waals surface area contributed by atoms with Crippen molar-refractivity contribution < 1.29 is 23.1 Å². The Hall–Kier alpha value is -2.38. The van der Waals surface area contributed by atoms with Crippen molar-refractivity contribution in [2.45, 2.75) is 25.6 Å². The second-order valence-corrected chi connectivity index (χ2v) is 4.70. The van der Waals surface area contributed by atoms with E-state index in [2.05, 4.69) is 9.97 Å². The summed E-state index contributed by atoms with van der Waals surface area (Å²) >= 11 is 0. The average molecular weight is 299 g/mol. The molecule has 0 spiro atoms. The monoisotopic (exact) mass is 299 g/mol. The number of aromatic nitrogens is 2. The zero-order valence-corrected chi connectivity index (χ0v) is 11.2. The van der Waals surface area contributed by atoms with Crippen LogP contribution in [0.25, 0.3) is 11.0 Å². The highest BCUT2D eigenvalue weighted by Crippen LogP contribution is 2.34. The molecule has 2 rings (SSSR count). The number of aliphatic carboxylic acids is 1. The van der Waals surface area contributed by atoms with Crippen molar-refractivity contribution in [3.05, 3.63) is 30.0 Å². The van der Waals surface area contributed by atoms with Crippen molar-refractivity contribution in [3.8, 4) is 0 Å². The van der Waals surface area contributed by atoms with Gasteiger partial charge in [0.25, 0.3) is 0 Å². The maximum absolute atomic E-state index is 13.0. The first kappa shape index (κ1) is 15.0. The molecule has 1 aromatic carbocycles. The first-order chi connectivity index (χ1) is 9.65. The number of anilines is 1. The fraction of sp³-hybridized carbons (Fsp3) is 0.308. The van der Waals surface area contributed by atoms with Crippen molar-refractivity contribution in [2.75, 3.05) is 5.32 Å². The van der Waals surface area contributed by atoms with E-state index in [1.807, 2.05) is 5.32 Å². The topological polar surface area (TPSA) is 75.1 Å². The van der Waals surface area contributed by atoms with Gasteiger partial charge in [0.15, 0.2) is 0 Å². The Morgan fingerprint density at radius 2 is 1.71 bits per heavy atom. The molecule has 0 fully saturated rings. The average Bonchev–Trinajstić information content (AvgIpc) is 2.38. The Labute approximate surface area is 117 Å². The SMILES string of the molecule is Cc1nc2ccccc2nc1NC(C)(C(=O)O)C(F)(F)F. The zero-order chi connectivity index (χ0) is 15.8. The standard InChI is InChI=1S/C13H12F3N3O2/c1-7-10(18-9-6-4-3-5-8(9)17-7)19-12(2,11(20)21)13(14,15)16/h3-6H,1-2H3,(H,18,19)(H,20,21). The van der Waals surface area contributed by atoms with Crippen LogP contribution in [0.2, 0.25) is 0 Å². The first-order valence-electron chi connectivity index (χ1n) is 5.97. The summed E-state index contributed by atoms with van der Waals surface area (Å²) in [6, 6.07) is 6.63. The number of aryl methyl sites for hydroxylation is 1. The highest BCUT2D eigenvalue weighted by atomic mass is 19.4. The van der Waals surface area contributed by atoms with Gasteiger partial charge in [0.05, 0.1) is 16.7 Å². The number of benzene rings is 1. The fourth-order valence-electron chi connectivity index (χ4n) is 1.69. The lowest BCUT2D eigenvalue weighted by atomic mass is 10.0. The number of fused-ring (bicyclic) bond motifs is 1. The minimum atomic E-state index is -4.99. The molecule has 0 aliphatic rings. The number of carboxylic acids is 1. The maximum Gasteiger partial charge on any atom is 0.422 e. The molecule has 0 saturated carbocycles. The van der Waals surface area contributed by atoms with Crippen LogP contribution in [0.3, 0.4) is 0 Å². The molecule has 0 aliphatic carbocycles. The third-order valence-corrected chi connectivity index (χ3v) is 3.11. The number of carboxylic acid groups (broad SMARTS) is 1. The van der Waals surface area contributed by atoms with E-state index in [0.717, 1.165) is 0 Å². The summed E-state index contributed by atoms with van der Waals surface area (Å²) in [6.07, 6.45) is -4.99. The summed E-state index contributed by atoms with van der Waals surface area (Å²) in [5.41, 5.74) is -2.06. The molecule has 1 aromatic heterocycles. The first-order valence-corrected chi connectivity index (χ1v) is 5.97. The van der Waals surface area contributed by atoms with Crippen LogP contribution in [0.5, 0.6) is 0 Å². The van der Waals surface area contributed by atoms with Gasteiger partial charge in [-0.05, 0) is 26.0 Å². The Morgan fingerprint density at radius 1 is 1.19 bits per heavy atom. The summed E-state index contributed by atoms with van der Waals surface area (Å²) < 4.78 is 39.0. The lowest BCUT2D eigenvalue weighted by molar-refractivity contribution is -0.192. The van der Waals surface area contributed by atoms with Crippen LogP contribution in [0.15, 0.2) is 24.3 Å². The predicted molar refractivity (Wildman–Crippen MR) is 70.0 cm³/mol. The number of nitrogens with one attached hydrogen (secondary N) is 1. The second-order valence-electron chi connectivity index (χ2n) is 4.70. The molecule has 5 nitrogen and oxygen atoms in total. The van der Waals surface area contributed by atoms with Crippen LogP contribution >= 0.6 is 0 Å². The molecule has 0 bridgehead atoms. The highest BCUT2D eigenvalue weighted by molar-refractivity contribution is 5.84. The number of carbonyl (C=O) groups is 1. The van der Waals surface area contributed by atoms with Gasteiger partial charge < -0.3 is 10.4 Å². The number of alkyl halides is 3. The molecule has 2 N–H and O–H groups in total. The minimum absolute atomic E-state index is 0.186. The number of hydrogen-bond acceptors (Lipinski definition) is 4. The van der Waals surface area contributed by atoms with Gasteiger partial charge in [-0.2, -0.15) is 13.2 Å². The molecule has 0 aliphatic heterocycles. The molecule has 0 amide bonds. The van der Waals surface area contributed by atoms with Crippen LogP contribution in [-0.2, 0) is 4.79 Å². The van der Waals surface area contributed by atoms with Crippen molar-refractivity contribution in [2.24, 2.45) is 0 Å². The van der Waals surface area contributed by atoms with Crippen LogP contribution in [-0.4, -0.2) is 32.8 Å². The quantitative estimate of drug-likeness (QED) is 0.911. The van der Waals surface area contributed by atoms with E-state index < -0.39 is 17.7 Å². The van der Waals surface area contributed by atoms with Crippen molar-refractivity contribution >= 4 is 22.8 Å². The summed E-state index contributed by atoms with van der Waals surface area (Å²) in [4.78, 5) is 19.2. The summed E-state index contributed by atoms with van der Waals surface area (Å²) in [5, 5.41) is 10.9. The third kappa shape index (κ3) is 2.61. The van der Waals surface area contributed by atoms with Crippen LogP contribution < -0.4 is 5.32 Å². The lowest BCUT2D eigenvalue weighted by Gasteiger charge is -2.29. The largest absolute Gasteiger partial charge is 0.479 e. The smallest absolute Gasteiger partial charge is 0.422 e. The normalized spacial score (nSPS) is 14.7. The van der Waals surface area contributed by atoms with Crippen molar-refractivity contribution in [3.63, 3.8) is 0 Å². The summed E-state index contributed by atoms with van der Waals surface area (Å²) in [7, 11) is 0. The number of halogens is 3. The summed E-state index contributed by atoms with van der Waals surface area (Å²) in [5.74, 6) is -2.25. The Kier molecular flexibility index (Phi) is 3.48. The molecule has 0 saturated heterocycles. The molecular weight excluding hydrogens is 287 g/mol. The second kappa shape index (κ2) is 4.87. The van der Waals surface area contributed by atoms with E-state index in [0.29, 0.717) is 18.0 Å². The van der Waals surface area contributed by atoms with Gasteiger partial charge in [0.2, 0.25) is 5.54 Å². The minimum Gasteiger partial charge on any atom is -0.479 e. The van der Waals surface area contributed by atoms with E-state index in [1.54, 1.807) is 24.3 Å². The Balaban J connectivity index is 2.51. The van der Waals surface area contributed by atoms with Gasteiger partial charge in [0, 0.05) is 0 Å². The van der Waals surface area contributed by atoms with Gasteiger partial charge in [-0.1, -0.05) is 12.1 Å². The summed E-state index contributed by atoms with van der Waals surface area (Å²) in [6.45, 7) is 2.01. The van der Waals surface area contributed by atoms with Crippen molar-refractivity contribution in [1.82, 2.24) is 9.97 Å². The fourth-order valence-corrected chi connectivity index (χ4v) is 1.69. The van der Waals surface area contributed by atoms with Gasteiger partial charge >= 0.3 is 12.1 Å². The van der Waals surface area contributed by atoms with Crippen molar-refractivity contribution in [1.29, 1.82) is 0 Å². The Bertz CT molecular complexity index is 703. The highest BCUT2D eigenvalue weighted by Gasteiger charge is 2.58. The Morgan fingerprint density at radius 3 is 2.19 bits per heavy atom. The molecule has 8 heteroatoms. The van der Waals surface area contributed by atoms with E-state index >= 15 is 0 Å². The van der Waals surface area contributed by atoms with E-state index in [-0.39, 0.29) is 11.5 Å². The molecule has 0 radical (unpaired) electrons. The van der Waals surface area contributed by atoms with Crippen LogP contribution in [0, 0.1) is 6.92 Å². The van der Waals surface area contributed by atoms with E-state index in [4.69, 9.17) is 5.11 Å². The molecular formula is C13H12F3N3O2. The third-order valence-electron chi connectivity index (χ3n) is 3.11. The zero-order valence-electron chi connectivity index (χ0n) is 11.2. The van der Waals surface area contributed by atoms with Crippen LogP contribution in [0.4, 0.5) is 19.0 Å². The number of nitrogens with zero attached hydrogens (tertiary/aromatic N) is 2. The molecule has 1 atom stereocenters. The van der Waals surface area contributed by atoms with E-state index in [1.165, 1.54) is 6.92 Å². The number of para-hydroxylation sites is 2. The molecule has 1 unspecified atom stereocenters. The lowest BCUT2D eigenvalue weighted by Crippen LogP contribution is -2.55.